The average Bonchev–Trinajstić information content (AvgIpc) is 3.18. The van der Waals surface area contributed by atoms with Crippen molar-refractivity contribution in [1.29, 1.82) is 0 Å². The molecule has 5 aromatic carbocycles. The van der Waals surface area contributed by atoms with Crippen LogP contribution >= 0.6 is 0 Å². The molecule has 0 bridgehead atoms. The van der Waals surface area contributed by atoms with Gasteiger partial charge in [0.2, 0.25) is 0 Å². The number of rotatable bonds is 10. The summed E-state index contributed by atoms with van der Waals surface area (Å²) >= 11 is 0. The van der Waals surface area contributed by atoms with E-state index in [9.17, 15) is 20.4 Å². The second-order valence-corrected chi connectivity index (χ2v) is 21.1. The summed E-state index contributed by atoms with van der Waals surface area (Å²) in [5, 5.41) is 50.1. The van der Waals surface area contributed by atoms with Gasteiger partial charge in [-0.05, 0) is 94.7 Å². The molecule has 0 radical (unpaired) electrons. The van der Waals surface area contributed by atoms with Crippen molar-refractivity contribution in [2.75, 3.05) is 28.4 Å². The lowest BCUT2D eigenvalue weighted by molar-refractivity contribution is 0.363. The minimum Gasteiger partial charge on any atom is -0.507 e. The van der Waals surface area contributed by atoms with Gasteiger partial charge in [0.25, 0.3) is 0 Å². The number of phenolic OH excluding ortho intramolecular Hbond substituents is 4. The van der Waals surface area contributed by atoms with Crippen LogP contribution in [0.1, 0.15) is 153 Å². The summed E-state index contributed by atoms with van der Waals surface area (Å²) in [7, 11) is 6.34. The Morgan fingerprint density at radius 2 is 0.629 bits per heavy atom. The van der Waals surface area contributed by atoms with Crippen molar-refractivity contribution in [3.63, 3.8) is 0 Å². The van der Waals surface area contributed by atoms with Gasteiger partial charge in [-0.1, -0.05) is 113 Å². The van der Waals surface area contributed by atoms with Crippen molar-refractivity contribution in [3.05, 3.63) is 128 Å². The first-order chi connectivity index (χ1) is 28.5. The lowest BCUT2D eigenvalue weighted by atomic mass is 9.64. The van der Waals surface area contributed by atoms with Gasteiger partial charge in [-0.3, -0.25) is 0 Å². The summed E-state index contributed by atoms with van der Waals surface area (Å²) < 4.78 is 23.7. The molecule has 0 saturated carbocycles. The molecule has 0 heterocycles. The first kappa shape index (κ1) is 47.5. The minimum absolute atomic E-state index is 0.0639. The fourth-order valence-electron chi connectivity index (χ4n) is 8.67. The van der Waals surface area contributed by atoms with Gasteiger partial charge in [0.05, 0.1) is 28.4 Å². The van der Waals surface area contributed by atoms with Gasteiger partial charge in [0.15, 0.2) is 11.5 Å². The van der Waals surface area contributed by atoms with E-state index in [0.717, 1.165) is 5.56 Å². The number of hydrogen-bond donors (Lipinski definition) is 4. The van der Waals surface area contributed by atoms with Gasteiger partial charge in [-0.15, -0.1) is 0 Å². The summed E-state index contributed by atoms with van der Waals surface area (Å²) in [6.45, 7) is 28.6. The maximum atomic E-state index is 12.6. The molecule has 0 saturated heterocycles. The number of phenols is 4. The predicted octanol–water partition coefficient (Wildman–Crippen LogP) is 12.4. The standard InChI is InChI=1S/C54H70O8/c1-49(2,3)33-23-40(48(58)44(24-33)62-18)53(13,41-28-34(59-15)25-37(45(41)55)50(4,5)6)31-20-19-21-32(22-31)54(14,42-29-35(60-16)26-38(46(42)56)51(7,8)9)43-30-36(61-17)27-39(47(43)57)52(10,11)12/h19-30,55-58H,1-18H3. The molecule has 0 amide bonds. The molecule has 0 aliphatic heterocycles. The minimum atomic E-state index is -1.28. The smallest absolute Gasteiger partial charge is 0.162 e. The molecule has 334 valence electrons. The maximum absolute atomic E-state index is 12.6. The van der Waals surface area contributed by atoms with Crippen LogP contribution in [-0.4, -0.2) is 48.9 Å². The quantitative estimate of drug-likeness (QED) is 0.103. The predicted molar refractivity (Wildman–Crippen MR) is 251 cm³/mol. The number of aromatic hydroxyl groups is 4. The van der Waals surface area contributed by atoms with E-state index in [1.807, 2.05) is 149 Å². The maximum Gasteiger partial charge on any atom is 0.162 e. The number of hydrogen-bond acceptors (Lipinski definition) is 8. The molecule has 1 unspecified atom stereocenters. The molecule has 62 heavy (non-hydrogen) atoms. The fourth-order valence-corrected chi connectivity index (χ4v) is 8.67. The van der Waals surface area contributed by atoms with E-state index in [2.05, 4.69) is 20.8 Å². The summed E-state index contributed by atoms with van der Waals surface area (Å²) in [5.41, 5.74) is 1.93. The Bertz CT molecular complexity index is 2270. The third-order valence-electron chi connectivity index (χ3n) is 12.7. The first-order valence-corrected chi connectivity index (χ1v) is 21.3. The van der Waals surface area contributed by atoms with E-state index >= 15 is 0 Å². The van der Waals surface area contributed by atoms with Crippen LogP contribution < -0.4 is 18.9 Å². The zero-order valence-corrected chi connectivity index (χ0v) is 40.4. The van der Waals surface area contributed by atoms with Gasteiger partial charge >= 0.3 is 0 Å². The largest absolute Gasteiger partial charge is 0.507 e. The third kappa shape index (κ3) is 8.37. The average molecular weight is 847 g/mol. The van der Waals surface area contributed by atoms with Crippen LogP contribution in [0.25, 0.3) is 0 Å². The lowest BCUT2D eigenvalue weighted by Crippen LogP contribution is -2.31. The molecule has 8 heteroatoms. The Balaban J connectivity index is 2.08. The Labute approximate surface area is 370 Å². The van der Waals surface area contributed by atoms with Crippen molar-refractivity contribution >= 4 is 0 Å². The molecule has 0 fully saturated rings. The monoisotopic (exact) mass is 847 g/mol. The number of ether oxygens (including phenoxy) is 4. The second kappa shape index (κ2) is 16.3. The SMILES string of the molecule is COc1cc(C(C)(C)C)c(O)c(C(C)(c2cccc(C(C)(c3cc(OC)cc(C(C)(C)C)c3O)c3cc(OC)cc(C(C)(C)C)c3O)c2)c2cc(C(C)(C)C)cc(OC)c2O)c1. The molecule has 0 aliphatic carbocycles. The van der Waals surface area contributed by atoms with Gasteiger partial charge in [-0.25, -0.2) is 0 Å². The third-order valence-corrected chi connectivity index (χ3v) is 12.7. The van der Waals surface area contributed by atoms with E-state index in [-0.39, 0.29) is 28.4 Å². The summed E-state index contributed by atoms with van der Waals surface area (Å²) in [5.74, 6) is 2.04. The zero-order valence-electron chi connectivity index (χ0n) is 40.4. The second-order valence-electron chi connectivity index (χ2n) is 21.1. The van der Waals surface area contributed by atoms with Gasteiger partial charge in [0.1, 0.15) is 34.5 Å². The molecule has 8 nitrogen and oxygen atoms in total. The van der Waals surface area contributed by atoms with Crippen LogP contribution in [0.4, 0.5) is 0 Å². The summed E-state index contributed by atoms with van der Waals surface area (Å²) in [4.78, 5) is 0. The number of benzene rings is 5. The van der Waals surface area contributed by atoms with Gasteiger partial charge in [0, 0.05) is 49.8 Å². The first-order valence-electron chi connectivity index (χ1n) is 21.3. The van der Waals surface area contributed by atoms with Crippen LogP contribution in [0.3, 0.4) is 0 Å². The molecule has 1 atom stereocenters. The van der Waals surface area contributed by atoms with Crippen molar-refractivity contribution in [1.82, 2.24) is 0 Å². The highest BCUT2D eigenvalue weighted by atomic mass is 16.5. The van der Waals surface area contributed by atoms with Crippen molar-refractivity contribution in [2.24, 2.45) is 0 Å². The Kier molecular flexibility index (Phi) is 12.5. The topological polar surface area (TPSA) is 118 Å². The molecular formula is C54H70O8. The molecule has 4 N–H and O–H groups in total. The lowest BCUT2D eigenvalue weighted by Gasteiger charge is -2.39. The van der Waals surface area contributed by atoms with Crippen LogP contribution in [0.5, 0.6) is 46.0 Å². The van der Waals surface area contributed by atoms with E-state index < -0.39 is 27.1 Å². The van der Waals surface area contributed by atoms with E-state index in [4.69, 9.17) is 18.9 Å². The van der Waals surface area contributed by atoms with Crippen molar-refractivity contribution in [3.8, 4) is 46.0 Å². The van der Waals surface area contributed by atoms with Crippen molar-refractivity contribution in [2.45, 2.75) is 129 Å². The highest BCUT2D eigenvalue weighted by Gasteiger charge is 2.44. The fraction of sp³-hybridized carbons (Fsp3) is 0.444. The molecular weight excluding hydrogens is 777 g/mol. The van der Waals surface area contributed by atoms with E-state index in [1.54, 1.807) is 21.3 Å². The van der Waals surface area contributed by atoms with Gasteiger partial charge < -0.3 is 39.4 Å². The Hall–Kier alpha value is -5.50. The molecule has 5 rings (SSSR count). The number of methoxy groups -OCH3 is 4. The highest BCUT2D eigenvalue weighted by Crippen LogP contribution is 2.56. The van der Waals surface area contributed by atoms with Crippen molar-refractivity contribution < 1.29 is 39.4 Å². The van der Waals surface area contributed by atoms with Crippen LogP contribution in [-0.2, 0) is 32.5 Å². The Morgan fingerprint density at radius 1 is 0.323 bits per heavy atom. The highest BCUT2D eigenvalue weighted by molar-refractivity contribution is 5.69. The normalized spacial score (nSPS) is 13.7. The summed E-state index contributed by atoms with van der Waals surface area (Å²) in [6, 6.07) is 22.9. The Morgan fingerprint density at radius 3 is 0.903 bits per heavy atom. The molecule has 0 aliphatic rings. The van der Waals surface area contributed by atoms with Crippen LogP contribution in [0, 0.1) is 0 Å². The molecule has 0 spiro atoms. The van der Waals surface area contributed by atoms with Gasteiger partial charge in [-0.2, -0.15) is 0 Å². The van der Waals surface area contributed by atoms with Crippen LogP contribution in [0.15, 0.2) is 72.8 Å². The van der Waals surface area contributed by atoms with Crippen LogP contribution in [0.2, 0.25) is 0 Å². The molecule has 5 aromatic rings. The summed E-state index contributed by atoms with van der Waals surface area (Å²) in [6.07, 6.45) is 0. The zero-order chi connectivity index (χ0) is 46.7. The molecule has 0 aromatic heterocycles. The van der Waals surface area contributed by atoms with E-state index in [1.165, 1.54) is 7.11 Å². The van der Waals surface area contributed by atoms with E-state index in [0.29, 0.717) is 73.1 Å².